The van der Waals surface area contributed by atoms with E-state index in [1.165, 1.54) is 24.3 Å². The number of esters is 2. The highest BCUT2D eigenvalue weighted by atomic mass is 19.4. The van der Waals surface area contributed by atoms with E-state index in [0.29, 0.717) is 0 Å². The fraction of sp³-hybridized carbons (Fsp3) is 0.273. The SMILES string of the molecule is O=C(OCC(F)(F)C(F)(F)F)C(=O)Oc1ccccc1. The lowest BCUT2D eigenvalue weighted by molar-refractivity contribution is -0.294. The van der Waals surface area contributed by atoms with Gasteiger partial charge in [0.05, 0.1) is 0 Å². The summed E-state index contributed by atoms with van der Waals surface area (Å²) < 4.78 is 68.1. The number of halogens is 5. The van der Waals surface area contributed by atoms with Gasteiger partial charge in [0.2, 0.25) is 0 Å². The van der Waals surface area contributed by atoms with E-state index in [9.17, 15) is 31.5 Å². The molecule has 0 N–H and O–H groups in total. The largest absolute Gasteiger partial charge is 0.456 e. The number of benzene rings is 1. The van der Waals surface area contributed by atoms with Crippen LogP contribution < -0.4 is 4.74 Å². The normalized spacial score (nSPS) is 11.8. The minimum absolute atomic E-state index is 0.0861. The first-order chi connectivity index (χ1) is 9.13. The Morgan fingerprint density at radius 1 is 0.950 bits per heavy atom. The van der Waals surface area contributed by atoms with Crippen LogP contribution in [0.25, 0.3) is 0 Å². The van der Waals surface area contributed by atoms with Crippen LogP contribution in [0.3, 0.4) is 0 Å². The molecule has 20 heavy (non-hydrogen) atoms. The van der Waals surface area contributed by atoms with E-state index < -0.39 is 30.6 Å². The van der Waals surface area contributed by atoms with Gasteiger partial charge in [0.1, 0.15) is 5.75 Å². The van der Waals surface area contributed by atoms with Crippen LogP contribution in [0.2, 0.25) is 0 Å². The maximum Gasteiger partial charge on any atom is 0.456 e. The molecule has 0 heterocycles. The van der Waals surface area contributed by atoms with E-state index in [1.54, 1.807) is 6.07 Å². The van der Waals surface area contributed by atoms with Gasteiger partial charge in [-0.15, -0.1) is 0 Å². The van der Waals surface area contributed by atoms with Crippen LogP contribution in [0.5, 0.6) is 5.75 Å². The van der Waals surface area contributed by atoms with E-state index in [4.69, 9.17) is 0 Å². The average Bonchev–Trinajstić information content (AvgIpc) is 2.35. The van der Waals surface area contributed by atoms with Crippen LogP contribution in [0.1, 0.15) is 0 Å². The Labute approximate surface area is 109 Å². The Hall–Kier alpha value is -2.19. The van der Waals surface area contributed by atoms with E-state index in [0.717, 1.165) is 0 Å². The lowest BCUT2D eigenvalue weighted by Gasteiger charge is -2.18. The van der Waals surface area contributed by atoms with Gasteiger partial charge in [0.15, 0.2) is 6.61 Å². The number of carbonyl (C=O) groups excluding carboxylic acids is 2. The fourth-order valence-corrected chi connectivity index (χ4v) is 0.934. The average molecular weight is 298 g/mol. The van der Waals surface area contributed by atoms with Gasteiger partial charge in [-0.25, -0.2) is 9.59 Å². The van der Waals surface area contributed by atoms with Crippen molar-refractivity contribution in [3.8, 4) is 5.75 Å². The molecule has 1 rings (SSSR count). The number of hydrogen-bond acceptors (Lipinski definition) is 4. The predicted octanol–water partition coefficient (Wildman–Crippen LogP) is 2.33. The molecule has 1 aromatic rings. The van der Waals surface area contributed by atoms with Gasteiger partial charge < -0.3 is 9.47 Å². The summed E-state index contributed by atoms with van der Waals surface area (Å²) >= 11 is 0. The summed E-state index contributed by atoms with van der Waals surface area (Å²) in [6.07, 6.45) is -5.88. The van der Waals surface area contributed by atoms with Crippen molar-refractivity contribution in [2.24, 2.45) is 0 Å². The van der Waals surface area contributed by atoms with Crippen molar-refractivity contribution >= 4 is 11.9 Å². The van der Waals surface area contributed by atoms with Gasteiger partial charge >= 0.3 is 24.0 Å². The molecule has 0 amide bonds. The third kappa shape index (κ3) is 4.18. The van der Waals surface area contributed by atoms with E-state index in [-0.39, 0.29) is 5.75 Å². The topological polar surface area (TPSA) is 52.6 Å². The molecule has 0 spiro atoms. The van der Waals surface area contributed by atoms with Crippen molar-refractivity contribution in [3.63, 3.8) is 0 Å². The number of carbonyl (C=O) groups is 2. The molecule has 0 aliphatic carbocycles. The number of ether oxygens (including phenoxy) is 2. The second-order valence-electron chi connectivity index (χ2n) is 3.48. The molecule has 1 aromatic carbocycles. The van der Waals surface area contributed by atoms with Gasteiger partial charge in [-0.2, -0.15) is 22.0 Å². The lowest BCUT2D eigenvalue weighted by atomic mass is 10.3. The van der Waals surface area contributed by atoms with Crippen LogP contribution in [-0.4, -0.2) is 30.6 Å². The third-order valence-electron chi connectivity index (χ3n) is 1.92. The quantitative estimate of drug-likeness (QED) is 0.372. The molecule has 0 fully saturated rings. The number of rotatable bonds is 3. The first-order valence-electron chi connectivity index (χ1n) is 5.02. The molecule has 0 aromatic heterocycles. The van der Waals surface area contributed by atoms with Crippen molar-refractivity contribution in [1.82, 2.24) is 0 Å². The summed E-state index contributed by atoms with van der Waals surface area (Å²) in [5, 5.41) is 0. The van der Waals surface area contributed by atoms with E-state index in [2.05, 4.69) is 9.47 Å². The molecule has 0 saturated heterocycles. The zero-order valence-electron chi connectivity index (χ0n) is 9.62. The summed E-state index contributed by atoms with van der Waals surface area (Å²) in [6.45, 7) is -2.29. The maximum atomic E-state index is 12.4. The second-order valence-corrected chi connectivity index (χ2v) is 3.48. The summed E-state index contributed by atoms with van der Waals surface area (Å²) in [6, 6.07) is 7.02. The van der Waals surface area contributed by atoms with Crippen molar-refractivity contribution < 1.29 is 41.0 Å². The number of para-hydroxylation sites is 1. The molecule has 9 heteroatoms. The van der Waals surface area contributed by atoms with Gasteiger partial charge in [-0.3, -0.25) is 0 Å². The van der Waals surface area contributed by atoms with Gasteiger partial charge in [0, 0.05) is 0 Å². The summed E-state index contributed by atoms with van der Waals surface area (Å²) in [5.41, 5.74) is 0. The molecule has 110 valence electrons. The van der Waals surface area contributed by atoms with Crippen molar-refractivity contribution in [3.05, 3.63) is 30.3 Å². The molecule has 0 atom stereocenters. The summed E-state index contributed by atoms with van der Waals surface area (Å²) in [4.78, 5) is 22.0. The molecule has 0 saturated carbocycles. The van der Waals surface area contributed by atoms with Gasteiger partial charge in [0.25, 0.3) is 0 Å². The highest BCUT2D eigenvalue weighted by Gasteiger charge is 2.58. The van der Waals surface area contributed by atoms with Crippen molar-refractivity contribution in [2.75, 3.05) is 6.61 Å². The summed E-state index contributed by atoms with van der Waals surface area (Å²) in [7, 11) is 0. The molecular formula is C11H7F5O4. The monoisotopic (exact) mass is 298 g/mol. The predicted molar refractivity (Wildman–Crippen MR) is 54.0 cm³/mol. The first kappa shape index (κ1) is 15.9. The highest BCUT2D eigenvalue weighted by Crippen LogP contribution is 2.35. The molecule has 0 aliphatic heterocycles. The Balaban J connectivity index is 2.53. The van der Waals surface area contributed by atoms with Gasteiger partial charge in [-0.1, -0.05) is 18.2 Å². The fourth-order valence-electron chi connectivity index (χ4n) is 0.934. The van der Waals surface area contributed by atoms with E-state index >= 15 is 0 Å². The Morgan fingerprint density at radius 2 is 1.50 bits per heavy atom. The molecule has 0 aliphatic rings. The zero-order valence-corrected chi connectivity index (χ0v) is 9.62. The molecule has 0 radical (unpaired) electrons. The van der Waals surface area contributed by atoms with Crippen LogP contribution in [0, 0.1) is 0 Å². The molecule has 4 nitrogen and oxygen atoms in total. The standard InChI is InChI=1S/C11H7F5O4/c12-10(13,11(14,15)16)6-19-8(17)9(18)20-7-4-2-1-3-5-7/h1-5H,6H2. The Kier molecular flexibility index (Phi) is 4.64. The molecule has 0 bridgehead atoms. The van der Waals surface area contributed by atoms with Crippen LogP contribution in [-0.2, 0) is 14.3 Å². The minimum Gasteiger partial charge on any atom is -0.450 e. The lowest BCUT2D eigenvalue weighted by Crippen LogP contribution is -2.42. The molecular weight excluding hydrogens is 291 g/mol. The smallest absolute Gasteiger partial charge is 0.450 e. The van der Waals surface area contributed by atoms with Gasteiger partial charge in [-0.05, 0) is 12.1 Å². The van der Waals surface area contributed by atoms with Crippen LogP contribution in [0.15, 0.2) is 30.3 Å². The highest BCUT2D eigenvalue weighted by molar-refractivity contribution is 6.30. The minimum atomic E-state index is -5.88. The number of alkyl halides is 5. The third-order valence-corrected chi connectivity index (χ3v) is 1.92. The van der Waals surface area contributed by atoms with E-state index in [1.807, 2.05) is 0 Å². The van der Waals surface area contributed by atoms with Crippen molar-refractivity contribution in [1.29, 1.82) is 0 Å². The Morgan fingerprint density at radius 3 is 2.00 bits per heavy atom. The molecule has 0 unspecified atom stereocenters. The maximum absolute atomic E-state index is 12.4. The Bertz CT molecular complexity index is 483. The summed E-state index contributed by atoms with van der Waals surface area (Å²) in [5.74, 6) is -8.97. The van der Waals surface area contributed by atoms with Crippen LogP contribution >= 0.6 is 0 Å². The number of hydrogen-bond donors (Lipinski definition) is 0. The first-order valence-corrected chi connectivity index (χ1v) is 5.02. The van der Waals surface area contributed by atoms with Crippen LogP contribution in [0.4, 0.5) is 22.0 Å². The van der Waals surface area contributed by atoms with Crippen molar-refractivity contribution in [2.45, 2.75) is 12.1 Å². The second kappa shape index (κ2) is 5.85. The zero-order chi connectivity index (χ0) is 15.4.